The smallest absolute Gasteiger partial charge is 0.244 e. The Bertz CT molecular complexity index is 592. The van der Waals surface area contributed by atoms with E-state index in [0.29, 0.717) is 11.3 Å². The van der Waals surface area contributed by atoms with Crippen LogP contribution in [0.25, 0.3) is 0 Å². The second-order valence-corrected chi connectivity index (χ2v) is 4.65. The lowest BCUT2D eigenvalue weighted by molar-refractivity contribution is -0.115. The number of fused-ring (bicyclic) bond motifs is 1. The molecule has 1 aliphatic heterocycles. The van der Waals surface area contributed by atoms with Gasteiger partial charge in [-0.3, -0.25) is 4.79 Å². The van der Waals surface area contributed by atoms with Crippen LogP contribution in [0.1, 0.15) is 19.4 Å². The Morgan fingerprint density at radius 3 is 2.72 bits per heavy atom. The van der Waals surface area contributed by atoms with Gasteiger partial charge in [-0.2, -0.15) is 10.5 Å². The molecule has 90 valence electrons. The van der Waals surface area contributed by atoms with Crippen LogP contribution < -0.4 is 10.2 Å². The molecule has 0 aliphatic carbocycles. The normalized spacial score (nSPS) is 14.2. The van der Waals surface area contributed by atoms with Crippen LogP contribution in [0.4, 0.5) is 11.4 Å². The van der Waals surface area contributed by atoms with Crippen molar-refractivity contribution in [3.05, 3.63) is 23.8 Å². The summed E-state index contributed by atoms with van der Waals surface area (Å²) < 4.78 is 0. The van der Waals surface area contributed by atoms with E-state index >= 15 is 0 Å². The van der Waals surface area contributed by atoms with Crippen LogP contribution in [0, 0.1) is 22.7 Å². The molecular weight excluding hydrogens is 228 g/mol. The summed E-state index contributed by atoms with van der Waals surface area (Å²) in [5.74, 6) is -0.180. The summed E-state index contributed by atoms with van der Waals surface area (Å²) in [5, 5.41) is 20.8. The SMILES string of the molecule is CC(C)(C#N)N1CC(=O)Nc2cc(C#N)ccc21. The maximum absolute atomic E-state index is 11.7. The first kappa shape index (κ1) is 11.9. The molecular formula is C13H12N4O. The average Bonchev–Trinajstić information content (AvgIpc) is 2.36. The van der Waals surface area contributed by atoms with E-state index in [0.717, 1.165) is 5.69 Å². The number of hydrogen-bond donors (Lipinski definition) is 1. The highest BCUT2D eigenvalue weighted by Crippen LogP contribution is 2.34. The van der Waals surface area contributed by atoms with Crippen LogP contribution in [0.15, 0.2) is 18.2 Å². The Balaban J connectivity index is 2.54. The minimum atomic E-state index is -0.777. The van der Waals surface area contributed by atoms with Gasteiger partial charge in [-0.05, 0) is 32.0 Å². The molecule has 0 aromatic heterocycles. The molecule has 5 nitrogen and oxygen atoms in total. The predicted octanol–water partition coefficient (Wildman–Crippen LogP) is 1.62. The van der Waals surface area contributed by atoms with Crippen molar-refractivity contribution < 1.29 is 4.79 Å². The van der Waals surface area contributed by atoms with Crippen LogP contribution in [0.3, 0.4) is 0 Å². The maximum atomic E-state index is 11.7. The number of nitriles is 2. The molecule has 0 atom stereocenters. The molecule has 0 bridgehead atoms. The van der Waals surface area contributed by atoms with Gasteiger partial charge in [0.2, 0.25) is 5.91 Å². The standard InChI is InChI=1S/C13H12N4O/c1-13(2,8-15)17-7-12(18)16-10-5-9(6-14)3-4-11(10)17/h3-5H,7H2,1-2H3,(H,16,18). The number of carbonyl (C=O) groups is 1. The Morgan fingerprint density at radius 2 is 2.11 bits per heavy atom. The zero-order valence-corrected chi connectivity index (χ0v) is 10.2. The second-order valence-electron chi connectivity index (χ2n) is 4.65. The largest absolute Gasteiger partial charge is 0.343 e. The molecule has 1 heterocycles. The quantitative estimate of drug-likeness (QED) is 0.808. The number of rotatable bonds is 1. The van der Waals surface area contributed by atoms with Crippen molar-refractivity contribution in [1.82, 2.24) is 0 Å². The van der Waals surface area contributed by atoms with Crippen molar-refractivity contribution in [2.45, 2.75) is 19.4 Å². The van der Waals surface area contributed by atoms with Crippen molar-refractivity contribution in [3.63, 3.8) is 0 Å². The third-order valence-corrected chi connectivity index (χ3v) is 2.94. The monoisotopic (exact) mass is 240 g/mol. The lowest BCUT2D eigenvalue weighted by Crippen LogP contribution is -2.49. The Morgan fingerprint density at radius 1 is 1.39 bits per heavy atom. The molecule has 2 rings (SSSR count). The molecule has 1 aliphatic rings. The van der Waals surface area contributed by atoms with Crippen molar-refractivity contribution >= 4 is 17.3 Å². The van der Waals surface area contributed by atoms with Gasteiger partial charge in [0, 0.05) is 0 Å². The third-order valence-electron chi connectivity index (χ3n) is 2.94. The molecule has 1 N–H and O–H groups in total. The number of hydrogen-bond acceptors (Lipinski definition) is 4. The van der Waals surface area contributed by atoms with Crippen molar-refractivity contribution in [2.24, 2.45) is 0 Å². The molecule has 0 saturated heterocycles. The summed E-state index contributed by atoms with van der Waals surface area (Å²) in [4.78, 5) is 13.4. The summed E-state index contributed by atoms with van der Waals surface area (Å²) in [5.41, 5.74) is 1.04. The zero-order chi connectivity index (χ0) is 13.3. The highest BCUT2D eigenvalue weighted by atomic mass is 16.2. The van der Waals surface area contributed by atoms with E-state index in [1.54, 1.807) is 36.9 Å². The van der Waals surface area contributed by atoms with Crippen LogP contribution in [-0.4, -0.2) is 18.0 Å². The predicted molar refractivity (Wildman–Crippen MR) is 66.8 cm³/mol. The van der Waals surface area contributed by atoms with Gasteiger partial charge < -0.3 is 10.2 Å². The molecule has 5 heteroatoms. The Kier molecular flexibility index (Phi) is 2.68. The van der Waals surface area contributed by atoms with E-state index in [-0.39, 0.29) is 12.5 Å². The van der Waals surface area contributed by atoms with E-state index in [4.69, 9.17) is 5.26 Å². The van der Waals surface area contributed by atoms with Gasteiger partial charge in [0.25, 0.3) is 0 Å². The van der Waals surface area contributed by atoms with Crippen LogP contribution >= 0.6 is 0 Å². The van der Waals surface area contributed by atoms with Gasteiger partial charge in [0.15, 0.2) is 0 Å². The molecule has 0 radical (unpaired) electrons. The highest BCUT2D eigenvalue weighted by molar-refractivity contribution is 6.01. The Hall–Kier alpha value is -2.53. The van der Waals surface area contributed by atoms with Gasteiger partial charge in [-0.25, -0.2) is 0 Å². The molecule has 0 saturated carbocycles. The van der Waals surface area contributed by atoms with Gasteiger partial charge in [-0.1, -0.05) is 0 Å². The van der Waals surface area contributed by atoms with E-state index < -0.39 is 5.54 Å². The first-order chi connectivity index (χ1) is 8.47. The molecule has 0 fully saturated rings. The summed E-state index contributed by atoms with van der Waals surface area (Å²) in [7, 11) is 0. The Labute approximate surface area is 105 Å². The number of carbonyl (C=O) groups excluding carboxylic acids is 1. The lowest BCUT2D eigenvalue weighted by atomic mass is 10.0. The van der Waals surface area contributed by atoms with E-state index in [9.17, 15) is 10.1 Å². The number of nitrogens with one attached hydrogen (secondary N) is 1. The average molecular weight is 240 g/mol. The maximum Gasteiger partial charge on any atom is 0.244 e. The fourth-order valence-electron chi connectivity index (χ4n) is 1.92. The number of nitrogens with zero attached hydrogens (tertiary/aromatic N) is 3. The molecule has 0 spiro atoms. The lowest BCUT2D eigenvalue weighted by Gasteiger charge is -2.38. The molecule has 0 unspecified atom stereocenters. The van der Waals surface area contributed by atoms with Crippen molar-refractivity contribution in [2.75, 3.05) is 16.8 Å². The van der Waals surface area contributed by atoms with Crippen LogP contribution in [0.5, 0.6) is 0 Å². The topological polar surface area (TPSA) is 79.9 Å². The summed E-state index contributed by atoms with van der Waals surface area (Å²) in [6.07, 6.45) is 0. The first-order valence-electron chi connectivity index (χ1n) is 5.51. The highest BCUT2D eigenvalue weighted by Gasteiger charge is 2.33. The summed E-state index contributed by atoms with van der Waals surface area (Å²) >= 11 is 0. The molecule has 1 aromatic carbocycles. The molecule has 1 aromatic rings. The van der Waals surface area contributed by atoms with E-state index in [2.05, 4.69) is 11.4 Å². The van der Waals surface area contributed by atoms with E-state index in [1.807, 2.05) is 6.07 Å². The molecule has 1 amide bonds. The number of anilines is 2. The zero-order valence-electron chi connectivity index (χ0n) is 10.2. The second kappa shape index (κ2) is 4.05. The fourth-order valence-corrected chi connectivity index (χ4v) is 1.92. The van der Waals surface area contributed by atoms with Gasteiger partial charge in [0.1, 0.15) is 5.54 Å². The number of amides is 1. The summed E-state index contributed by atoms with van der Waals surface area (Å²) in [6, 6.07) is 9.26. The van der Waals surface area contributed by atoms with Crippen LogP contribution in [-0.2, 0) is 4.79 Å². The first-order valence-corrected chi connectivity index (χ1v) is 5.51. The van der Waals surface area contributed by atoms with Crippen LogP contribution in [0.2, 0.25) is 0 Å². The van der Waals surface area contributed by atoms with Gasteiger partial charge in [0.05, 0.1) is 35.6 Å². The van der Waals surface area contributed by atoms with Gasteiger partial charge >= 0.3 is 0 Å². The fraction of sp³-hybridized carbons (Fsp3) is 0.308. The van der Waals surface area contributed by atoms with Crippen molar-refractivity contribution in [3.8, 4) is 12.1 Å². The van der Waals surface area contributed by atoms with E-state index in [1.165, 1.54) is 0 Å². The minimum Gasteiger partial charge on any atom is -0.343 e. The van der Waals surface area contributed by atoms with Gasteiger partial charge in [-0.15, -0.1) is 0 Å². The number of benzene rings is 1. The summed E-state index contributed by atoms with van der Waals surface area (Å²) in [6.45, 7) is 3.65. The third kappa shape index (κ3) is 1.87. The minimum absolute atomic E-state index is 0.138. The van der Waals surface area contributed by atoms with Crippen molar-refractivity contribution in [1.29, 1.82) is 10.5 Å². The molecule has 18 heavy (non-hydrogen) atoms.